The molecule has 2 heterocycles. The molecule has 0 unspecified atom stereocenters. The highest BCUT2D eigenvalue weighted by molar-refractivity contribution is 7.93. The number of nitrogens with zero attached hydrogens (tertiary/aromatic N) is 3. The van der Waals surface area contributed by atoms with Crippen LogP contribution in [0.2, 0.25) is 0 Å². The summed E-state index contributed by atoms with van der Waals surface area (Å²) in [4.78, 5) is 34.3. The molecule has 5 rings (SSSR count). The number of sulfonamides is 1. The highest BCUT2D eigenvalue weighted by Gasteiger charge is 2.36. The SMILES string of the molecule is COc1cc(C(=O)N2CCN(C(=O)C(C)(C)c3ccc(F)cc3)CC2)ccc1NS(=O)(=O)c1cccc2cccnc12. The minimum atomic E-state index is -4.02. The highest BCUT2D eigenvalue weighted by atomic mass is 32.2. The highest BCUT2D eigenvalue weighted by Crippen LogP contribution is 2.31. The van der Waals surface area contributed by atoms with Crippen molar-refractivity contribution >= 4 is 38.4 Å². The van der Waals surface area contributed by atoms with E-state index in [1.165, 1.54) is 43.6 Å². The van der Waals surface area contributed by atoms with Crippen molar-refractivity contribution in [2.24, 2.45) is 0 Å². The average Bonchev–Trinajstić information content (AvgIpc) is 3.00. The fourth-order valence-electron chi connectivity index (χ4n) is 5.08. The van der Waals surface area contributed by atoms with E-state index >= 15 is 0 Å². The molecule has 1 aliphatic heterocycles. The van der Waals surface area contributed by atoms with E-state index in [0.29, 0.717) is 48.2 Å². The molecule has 0 bridgehead atoms. The number of benzene rings is 3. The van der Waals surface area contributed by atoms with Crippen molar-refractivity contribution in [2.75, 3.05) is 38.0 Å². The standard InChI is InChI=1S/C31H31FN4O5S/c1-31(2,23-10-12-24(32)13-11-23)30(38)36-18-16-35(17-19-36)29(37)22-9-14-25(26(20-22)41-3)34-42(39,40)27-8-4-6-21-7-5-15-33-28(21)27/h4-15,20,34H,16-19H2,1-3H3. The number of para-hydroxylation sites is 1. The first-order chi connectivity index (χ1) is 20.0. The molecule has 9 nitrogen and oxygen atoms in total. The summed E-state index contributed by atoms with van der Waals surface area (Å²) in [5.74, 6) is -0.530. The Hall–Kier alpha value is -4.51. The van der Waals surface area contributed by atoms with Gasteiger partial charge in [0.05, 0.1) is 23.7 Å². The van der Waals surface area contributed by atoms with E-state index in [0.717, 1.165) is 0 Å². The van der Waals surface area contributed by atoms with Crippen LogP contribution in [0.25, 0.3) is 10.9 Å². The van der Waals surface area contributed by atoms with E-state index in [-0.39, 0.29) is 34.0 Å². The van der Waals surface area contributed by atoms with Gasteiger partial charge in [0.2, 0.25) is 5.91 Å². The molecule has 42 heavy (non-hydrogen) atoms. The zero-order valence-electron chi connectivity index (χ0n) is 23.5. The molecule has 0 saturated carbocycles. The lowest BCUT2D eigenvalue weighted by Gasteiger charge is -2.38. The molecule has 4 aromatic rings. The molecule has 0 aliphatic carbocycles. The van der Waals surface area contributed by atoms with Gasteiger partial charge in [-0.3, -0.25) is 19.3 Å². The Kier molecular flexibility index (Phi) is 7.87. The van der Waals surface area contributed by atoms with Gasteiger partial charge in [-0.15, -0.1) is 0 Å². The van der Waals surface area contributed by atoms with Gasteiger partial charge >= 0.3 is 0 Å². The van der Waals surface area contributed by atoms with Gasteiger partial charge < -0.3 is 14.5 Å². The van der Waals surface area contributed by atoms with Crippen LogP contribution in [0.1, 0.15) is 29.8 Å². The lowest BCUT2D eigenvalue weighted by atomic mass is 9.83. The smallest absolute Gasteiger partial charge is 0.264 e. The fraction of sp³-hybridized carbons (Fsp3) is 0.258. The lowest BCUT2D eigenvalue weighted by molar-refractivity contribution is -0.137. The molecule has 1 aliphatic rings. The first-order valence-corrected chi connectivity index (χ1v) is 14.9. The number of nitrogens with one attached hydrogen (secondary N) is 1. The van der Waals surface area contributed by atoms with Gasteiger partial charge in [-0.05, 0) is 61.9 Å². The van der Waals surface area contributed by atoms with Crippen LogP contribution in [0, 0.1) is 5.82 Å². The number of aromatic nitrogens is 1. The minimum absolute atomic E-state index is 0.0258. The van der Waals surface area contributed by atoms with Crippen LogP contribution in [-0.2, 0) is 20.2 Å². The number of rotatable bonds is 7. The molecule has 0 spiro atoms. The van der Waals surface area contributed by atoms with Gasteiger partial charge in [-0.2, -0.15) is 0 Å². The Bertz CT molecular complexity index is 1750. The summed E-state index contributed by atoms with van der Waals surface area (Å²) in [6.45, 7) is 4.97. The van der Waals surface area contributed by atoms with Crippen LogP contribution in [0.4, 0.5) is 10.1 Å². The van der Waals surface area contributed by atoms with Crippen molar-refractivity contribution in [1.82, 2.24) is 14.8 Å². The molecular weight excluding hydrogens is 559 g/mol. The van der Waals surface area contributed by atoms with Crippen molar-refractivity contribution in [3.05, 3.63) is 95.9 Å². The number of hydrogen-bond donors (Lipinski definition) is 1. The van der Waals surface area contributed by atoms with Crippen molar-refractivity contribution in [1.29, 1.82) is 0 Å². The summed E-state index contributed by atoms with van der Waals surface area (Å²) < 4.78 is 47.9. The lowest BCUT2D eigenvalue weighted by Crippen LogP contribution is -2.54. The first-order valence-electron chi connectivity index (χ1n) is 13.4. The minimum Gasteiger partial charge on any atom is -0.495 e. The number of carbonyl (C=O) groups is 2. The predicted octanol–water partition coefficient (Wildman–Crippen LogP) is 4.45. The monoisotopic (exact) mass is 590 g/mol. The molecular formula is C31H31FN4O5S. The second-order valence-electron chi connectivity index (χ2n) is 10.6. The van der Waals surface area contributed by atoms with Gasteiger partial charge in [-0.25, -0.2) is 12.8 Å². The van der Waals surface area contributed by atoms with Crippen LogP contribution >= 0.6 is 0 Å². The topological polar surface area (TPSA) is 109 Å². The van der Waals surface area contributed by atoms with Crippen LogP contribution in [-0.4, -0.2) is 68.3 Å². The normalized spacial score (nSPS) is 14.1. The summed E-state index contributed by atoms with van der Waals surface area (Å²) in [6, 6.07) is 18.9. The van der Waals surface area contributed by atoms with Crippen molar-refractivity contribution in [2.45, 2.75) is 24.2 Å². The van der Waals surface area contributed by atoms with E-state index < -0.39 is 15.4 Å². The van der Waals surface area contributed by atoms with Crippen LogP contribution in [0.15, 0.2) is 83.9 Å². The van der Waals surface area contributed by atoms with Crippen LogP contribution in [0.3, 0.4) is 0 Å². The van der Waals surface area contributed by atoms with Crippen molar-refractivity contribution < 1.29 is 27.1 Å². The average molecular weight is 591 g/mol. The number of ether oxygens (including phenoxy) is 1. The number of hydrogen-bond acceptors (Lipinski definition) is 6. The number of carbonyl (C=O) groups excluding carboxylic acids is 2. The quantitative estimate of drug-likeness (QED) is 0.341. The van der Waals surface area contributed by atoms with Crippen molar-refractivity contribution in [3.63, 3.8) is 0 Å². The van der Waals surface area contributed by atoms with E-state index in [2.05, 4.69) is 9.71 Å². The second-order valence-corrected chi connectivity index (χ2v) is 12.2. The molecule has 3 aromatic carbocycles. The number of methoxy groups -OCH3 is 1. The molecule has 0 radical (unpaired) electrons. The number of anilines is 1. The number of fused-ring (bicyclic) bond motifs is 1. The predicted molar refractivity (Wildman–Crippen MR) is 157 cm³/mol. The van der Waals surface area contributed by atoms with E-state index in [9.17, 15) is 22.4 Å². The molecule has 11 heteroatoms. The van der Waals surface area contributed by atoms with Crippen LogP contribution < -0.4 is 9.46 Å². The largest absolute Gasteiger partial charge is 0.495 e. The molecule has 218 valence electrons. The third-order valence-electron chi connectivity index (χ3n) is 7.53. The number of halogens is 1. The van der Waals surface area contributed by atoms with Crippen molar-refractivity contribution in [3.8, 4) is 5.75 Å². The Morgan fingerprint density at radius 1 is 0.929 bits per heavy atom. The zero-order chi connectivity index (χ0) is 30.1. The third-order valence-corrected chi connectivity index (χ3v) is 8.93. The van der Waals surface area contributed by atoms with Crippen LogP contribution in [0.5, 0.6) is 5.75 Å². The maximum Gasteiger partial charge on any atom is 0.264 e. The Morgan fingerprint density at radius 3 is 2.29 bits per heavy atom. The molecule has 2 amide bonds. The zero-order valence-corrected chi connectivity index (χ0v) is 24.3. The Labute approximate surface area is 244 Å². The third kappa shape index (κ3) is 5.64. The second kappa shape index (κ2) is 11.4. The summed E-state index contributed by atoms with van der Waals surface area (Å²) in [7, 11) is -2.62. The van der Waals surface area contributed by atoms with Gasteiger partial charge in [0.1, 0.15) is 16.5 Å². The molecule has 1 saturated heterocycles. The van der Waals surface area contributed by atoms with E-state index in [4.69, 9.17) is 4.74 Å². The molecule has 1 aromatic heterocycles. The summed E-state index contributed by atoms with van der Waals surface area (Å²) in [6.07, 6.45) is 1.53. The number of amides is 2. The van der Waals surface area contributed by atoms with Gasteiger partial charge in [0.25, 0.3) is 15.9 Å². The van der Waals surface area contributed by atoms with E-state index in [1.54, 1.807) is 66.1 Å². The van der Waals surface area contributed by atoms with E-state index in [1.807, 2.05) is 0 Å². The fourth-order valence-corrected chi connectivity index (χ4v) is 6.33. The molecule has 1 N–H and O–H groups in total. The van der Waals surface area contributed by atoms with Gasteiger partial charge in [0.15, 0.2) is 0 Å². The Balaban J connectivity index is 1.28. The summed E-state index contributed by atoms with van der Waals surface area (Å²) in [5.41, 5.74) is 0.718. The summed E-state index contributed by atoms with van der Waals surface area (Å²) >= 11 is 0. The number of piperazine rings is 1. The van der Waals surface area contributed by atoms with Gasteiger partial charge in [0, 0.05) is 43.3 Å². The Morgan fingerprint density at radius 2 is 1.60 bits per heavy atom. The molecule has 1 fully saturated rings. The molecule has 0 atom stereocenters. The maximum absolute atomic E-state index is 13.4. The summed E-state index contributed by atoms with van der Waals surface area (Å²) in [5, 5.41) is 0.689. The maximum atomic E-state index is 13.4. The first kappa shape index (κ1) is 29.0. The van der Waals surface area contributed by atoms with Gasteiger partial charge in [-0.1, -0.05) is 30.3 Å². The number of pyridine rings is 1.